The van der Waals surface area contributed by atoms with Crippen LogP contribution in [0.15, 0.2) is 30.3 Å². The van der Waals surface area contributed by atoms with Gasteiger partial charge in [0.25, 0.3) is 0 Å². The highest BCUT2D eigenvalue weighted by molar-refractivity contribution is 6.69. The van der Waals surface area contributed by atoms with Gasteiger partial charge in [-0.05, 0) is 25.2 Å². The second kappa shape index (κ2) is 4.73. The van der Waals surface area contributed by atoms with Crippen LogP contribution < -0.4 is 0 Å². The number of hydrogen-bond acceptors (Lipinski definition) is 2. The van der Waals surface area contributed by atoms with E-state index in [-0.39, 0.29) is 0 Å². The third kappa shape index (κ3) is 4.55. The minimum atomic E-state index is -1.62. The Balaban J connectivity index is 2.46. The van der Waals surface area contributed by atoms with Gasteiger partial charge in [-0.3, -0.25) is 0 Å². The van der Waals surface area contributed by atoms with E-state index in [1.165, 1.54) is 0 Å². The van der Waals surface area contributed by atoms with E-state index in [4.69, 9.17) is 4.43 Å². The minimum absolute atomic E-state index is 0.575. The second-order valence-corrected chi connectivity index (χ2v) is 8.84. The van der Waals surface area contributed by atoms with Gasteiger partial charge in [-0.1, -0.05) is 30.3 Å². The average molecular weight is 210 g/mol. The molecule has 0 aromatic heterocycles. The summed E-state index contributed by atoms with van der Waals surface area (Å²) in [5, 5.41) is 9.65. The van der Waals surface area contributed by atoms with Crippen LogP contribution in [0.25, 0.3) is 0 Å². The summed E-state index contributed by atoms with van der Waals surface area (Å²) < 4.78 is 5.54. The summed E-state index contributed by atoms with van der Waals surface area (Å²) in [5.74, 6) is 0. The fraction of sp³-hybridized carbons (Fsp3) is 0.455. The Hall–Kier alpha value is -0.643. The molecule has 0 radical (unpaired) electrons. The predicted octanol–water partition coefficient (Wildman–Crippen LogP) is 2.40. The third-order valence-electron chi connectivity index (χ3n) is 1.74. The molecule has 1 atom stereocenters. The van der Waals surface area contributed by atoms with Crippen LogP contribution in [0.1, 0.15) is 5.56 Å². The first-order valence-electron chi connectivity index (χ1n) is 4.87. The summed E-state index contributed by atoms with van der Waals surface area (Å²) in [4.78, 5) is 0. The van der Waals surface area contributed by atoms with Crippen molar-refractivity contribution in [2.24, 2.45) is 0 Å². The summed E-state index contributed by atoms with van der Waals surface area (Å²) in [7, 11) is -1.62. The van der Waals surface area contributed by atoms with E-state index in [9.17, 15) is 5.11 Å². The Morgan fingerprint density at radius 2 is 1.79 bits per heavy atom. The van der Waals surface area contributed by atoms with Crippen LogP contribution in [0, 0.1) is 0 Å². The van der Waals surface area contributed by atoms with Crippen molar-refractivity contribution in [2.45, 2.75) is 32.4 Å². The molecular weight excluding hydrogens is 192 g/mol. The van der Waals surface area contributed by atoms with Crippen LogP contribution in [-0.4, -0.2) is 19.7 Å². The van der Waals surface area contributed by atoms with Crippen molar-refractivity contribution in [3.8, 4) is 0 Å². The Morgan fingerprint density at radius 3 is 2.29 bits per heavy atom. The monoisotopic (exact) mass is 210 g/mol. The van der Waals surface area contributed by atoms with Crippen molar-refractivity contribution >= 4 is 8.32 Å². The van der Waals surface area contributed by atoms with E-state index in [1.807, 2.05) is 30.3 Å². The molecule has 0 aliphatic heterocycles. The molecule has 1 aromatic carbocycles. The third-order valence-corrected chi connectivity index (χ3v) is 2.72. The molecule has 78 valence electrons. The highest BCUT2D eigenvalue weighted by Gasteiger charge is 2.19. The zero-order valence-corrected chi connectivity index (χ0v) is 10.0. The number of aliphatic hydroxyl groups is 1. The van der Waals surface area contributed by atoms with Crippen molar-refractivity contribution in [3.63, 3.8) is 0 Å². The van der Waals surface area contributed by atoms with Gasteiger partial charge in [-0.2, -0.15) is 0 Å². The average Bonchev–Trinajstić information content (AvgIpc) is 2.02. The molecule has 0 heterocycles. The Morgan fingerprint density at radius 1 is 1.21 bits per heavy atom. The topological polar surface area (TPSA) is 29.5 Å². The molecule has 0 aliphatic carbocycles. The van der Waals surface area contributed by atoms with Crippen molar-refractivity contribution in [1.82, 2.24) is 0 Å². The Kier molecular flexibility index (Phi) is 3.86. The zero-order chi connectivity index (χ0) is 10.6. The van der Waals surface area contributed by atoms with Gasteiger partial charge in [0, 0.05) is 6.42 Å². The summed E-state index contributed by atoms with van der Waals surface area (Å²) in [5.41, 5.74) is 1.11. The second-order valence-electron chi connectivity index (χ2n) is 4.37. The van der Waals surface area contributed by atoms with Crippen molar-refractivity contribution in [1.29, 1.82) is 0 Å². The van der Waals surface area contributed by atoms with Gasteiger partial charge in [0.15, 0.2) is 8.32 Å². The van der Waals surface area contributed by atoms with Crippen LogP contribution >= 0.6 is 0 Å². The number of aliphatic hydroxyl groups excluding tert-OH is 1. The van der Waals surface area contributed by atoms with Crippen LogP contribution in [0.3, 0.4) is 0 Å². The zero-order valence-electron chi connectivity index (χ0n) is 9.03. The van der Waals surface area contributed by atoms with Gasteiger partial charge in [-0.25, -0.2) is 0 Å². The molecule has 14 heavy (non-hydrogen) atoms. The van der Waals surface area contributed by atoms with Crippen LogP contribution in [0.5, 0.6) is 0 Å². The maximum Gasteiger partial charge on any atom is 0.187 e. The largest absolute Gasteiger partial charge is 0.393 e. The van der Waals surface area contributed by atoms with E-state index in [2.05, 4.69) is 19.6 Å². The number of hydrogen-bond donors (Lipinski definition) is 1. The van der Waals surface area contributed by atoms with Crippen LogP contribution in [0.2, 0.25) is 19.6 Å². The standard InChI is InChI=1S/C11H18O2Si/c1-14(2,3)13-11(12)9-10-7-5-4-6-8-10/h4-8,11-12H,9H2,1-3H3. The molecule has 0 fully saturated rings. The molecule has 0 saturated heterocycles. The molecule has 0 amide bonds. The summed E-state index contributed by atoms with van der Waals surface area (Å²) in [6.07, 6.45) is -0.0884. The molecule has 0 bridgehead atoms. The van der Waals surface area contributed by atoms with Gasteiger partial charge < -0.3 is 9.53 Å². The van der Waals surface area contributed by atoms with Gasteiger partial charge in [0.05, 0.1) is 0 Å². The van der Waals surface area contributed by atoms with Crippen LogP contribution in [-0.2, 0) is 10.8 Å². The molecule has 1 N–H and O–H groups in total. The van der Waals surface area contributed by atoms with Gasteiger partial charge in [0.2, 0.25) is 0 Å². The van der Waals surface area contributed by atoms with Gasteiger partial charge >= 0.3 is 0 Å². The highest BCUT2D eigenvalue weighted by Crippen LogP contribution is 2.10. The van der Waals surface area contributed by atoms with Crippen LogP contribution in [0.4, 0.5) is 0 Å². The van der Waals surface area contributed by atoms with E-state index in [0.717, 1.165) is 5.56 Å². The van der Waals surface area contributed by atoms with Gasteiger partial charge in [0.1, 0.15) is 6.29 Å². The molecule has 1 rings (SSSR count). The van der Waals surface area contributed by atoms with E-state index >= 15 is 0 Å². The predicted molar refractivity (Wildman–Crippen MR) is 60.6 cm³/mol. The maximum absolute atomic E-state index is 9.65. The molecule has 0 aliphatic rings. The minimum Gasteiger partial charge on any atom is -0.393 e. The summed E-state index contributed by atoms with van der Waals surface area (Å²) in [6.45, 7) is 6.21. The molecule has 0 saturated carbocycles. The fourth-order valence-electron chi connectivity index (χ4n) is 1.27. The van der Waals surface area contributed by atoms with Crippen molar-refractivity contribution < 1.29 is 9.53 Å². The lowest BCUT2D eigenvalue weighted by atomic mass is 10.1. The molecular formula is C11H18O2Si. The van der Waals surface area contributed by atoms with Crippen molar-refractivity contribution in [3.05, 3.63) is 35.9 Å². The molecule has 2 nitrogen and oxygen atoms in total. The summed E-state index contributed by atoms with van der Waals surface area (Å²) >= 11 is 0. The first-order valence-corrected chi connectivity index (χ1v) is 8.28. The molecule has 3 heteroatoms. The molecule has 0 spiro atoms. The normalized spacial score (nSPS) is 14.0. The van der Waals surface area contributed by atoms with E-state index < -0.39 is 14.6 Å². The van der Waals surface area contributed by atoms with E-state index in [1.54, 1.807) is 0 Å². The summed E-state index contributed by atoms with van der Waals surface area (Å²) in [6, 6.07) is 9.90. The number of benzene rings is 1. The smallest absolute Gasteiger partial charge is 0.187 e. The lowest BCUT2D eigenvalue weighted by Gasteiger charge is -2.22. The first kappa shape index (κ1) is 11.4. The Labute approximate surface area is 86.7 Å². The first-order chi connectivity index (χ1) is 6.47. The van der Waals surface area contributed by atoms with Crippen molar-refractivity contribution in [2.75, 3.05) is 0 Å². The molecule has 1 unspecified atom stereocenters. The SMILES string of the molecule is C[Si](C)(C)OC(O)Cc1ccccc1. The maximum atomic E-state index is 9.65. The number of rotatable bonds is 4. The molecule has 1 aromatic rings. The lowest BCUT2D eigenvalue weighted by Crippen LogP contribution is -2.32. The fourth-order valence-corrected chi connectivity index (χ4v) is 2.17. The quantitative estimate of drug-likeness (QED) is 0.611. The van der Waals surface area contributed by atoms with E-state index in [0.29, 0.717) is 6.42 Å². The highest BCUT2D eigenvalue weighted by atomic mass is 28.4. The lowest BCUT2D eigenvalue weighted by molar-refractivity contribution is -0.0223. The van der Waals surface area contributed by atoms with Gasteiger partial charge in [-0.15, -0.1) is 0 Å². The Bertz CT molecular complexity index is 266.